The first kappa shape index (κ1) is 20.7. The molecule has 0 saturated carbocycles. The second-order valence-electron chi connectivity index (χ2n) is 5.31. The molecule has 0 aliphatic rings. The molecule has 2 aromatic heterocycles. The van der Waals surface area contributed by atoms with Gasteiger partial charge in [-0.3, -0.25) is 4.79 Å². The SMILES string of the molecule is Nc1nc(SCC(=O)Nc2cccc(F)c2)ncc1S(=O)(=O)c1ccc(Br)s1. The topological polar surface area (TPSA) is 115 Å². The fraction of sp³-hybridized carbons (Fsp3) is 0.0625. The van der Waals surface area contributed by atoms with Gasteiger partial charge in [0, 0.05) is 5.69 Å². The van der Waals surface area contributed by atoms with E-state index in [4.69, 9.17) is 5.73 Å². The molecule has 0 aliphatic carbocycles. The van der Waals surface area contributed by atoms with E-state index in [1.807, 2.05) is 0 Å². The van der Waals surface area contributed by atoms with Crippen LogP contribution in [0.3, 0.4) is 0 Å². The summed E-state index contributed by atoms with van der Waals surface area (Å²) in [5.41, 5.74) is 6.13. The molecule has 0 saturated heterocycles. The van der Waals surface area contributed by atoms with Gasteiger partial charge in [-0.25, -0.2) is 22.8 Å². The number of carbonyl (C=O) groups excluding carboxylic acids is 1. The van der Waals surface area contributed by atoms with Gasteiger partial charge >= 0.3 is 0 Å². The lowest BCUT2D eigenvalue weighted by molar-refractivity contribution is -0.113. The first-order chi connectivity index (χ1) is 13.3. The zero-order valence-corrected chi connectivity index (χ0v) is 18.0. The third-order valence-corrected chi connectivity index (χ3v) is 8.05. The molecular formula is C16H12BrFN4O3S3. The molecule has 0 fully saturated rings. The van der Waals surface area contributed by atoms with Gasteiger partial charge in [0.05, 0.1) is 15.7 Å². The van der Waals surface area contributed by atoms with Crippen molar-refractivity contribution < 1.29 is 17.6 Å². The number of halogens is 2. The van der Waals surface area contributed by atoms with Crippen LogP contribution in [0.25, 0.3) is 0 Å². The normalized spacial score (nSPS) is 11.4. The highest BCUT2D eigenvalue weighted by Gasteiger charge is 2.24. The van der Waals surface area contributed by atoms with E-state index in [-0.39, 0.29) is 25.8 Å². The van der Waals surface area contributed by atoms with E-state index < -0.39 is 21.6 Å². The number of sulfone groups is 1. The van der Waals surface area contributed by atoms with E-state index in [2.05, 4.69) is 31.2 Å². The summed E-state index contributed by atoms with van der Waals surface area (Å²) in [6.07, 6.45) is 1.12. The first-order valence-corrected chi connectivity index (χ1v) is 11.6. The summed E-state index contributed by atoms with van der Waals surface area (Å²) < 4.78 is 39.1. The number of nitrogens with two attached hydrogens (primary N) is 1. The van der Waals surface area contributed by atoms with Gasteiger partial charge in [0.15, 0.2) is 5.16 Å². The number of carbonyl (C=O) groups is 1. The number of nitrogens with one attached hydrogen (secondary N) is 1. The molecule has 28 heavy (non-hydrogen) atoms. The molecule has 0 spiro atoms. The molecule has 3 N–H and O–H groups in total. The smallest absolute Gasteiger partial charge is 0.234 e. The minimum absolute atomic E-state index is 0.0556. The van der Waals surface area contributed by atoms with Crippen molar-refractivity contribution in [3.63, 3.8) is 0 Å². The number of hydrogen-bond donors (Lipinski definition) is 2. The maximum absolute atomic E-state index is 13.1. The van der Waals surface area contributed by atoms with Crippen LogP contribution in [0.4, 0.5) is 15.9 Å². The predicted octanol–water partition coefficient (Wildman–Crippen LogP) is 3.59. The average Bonchev–Trinajstić information content (AvgIpc) is 3.07. The fourth-order valence-electron chi connectivity index (χ4n) is 2.09. The Labute approximate surface area is 176 Å². The van der Waals surface area contributed by atoms with Gasteiger partial charge in [-0.1, -0.05) is 17.8 Å². The number of rotatable bonds is 6. The lowest BCUT2D eigenvalue weighted by atomic mass is 10.3. The summed E-state index contributed by atoms with van der Waals surface area (Å²) in [6.45, 7) is 0. The number of aromatic nitrogens is 2. The van der Waals surface area contributed by atoms with Crippen LogP contribution in [0.1, 0.15) is 0 Å². The number of benzene rings is 1. The highest BCUT2D eigenvalue weighted by atomic mass is 79.9. The van der Waals surface area contributed by atoms with E-state index in [1.165, 1.54) is 24.3 Å². The summed E-state index contributed by atoms with van der Waals surface area (Å²) in [6, 6.07) is 8.58. The summed E-state index contributed by atoms with van der Waals surface area (Å²) in [5.74, 6) is -1.11. The second-order valence-corrected chi connectivity index (χ2v) is 10.9. The zero-order valence-electron chi connectivity index (χ0n) is 13.9. The monoisotopic (exact) mass is 502 g/mol. The van der Waals surface area contributed by atoms with Crippen LogP contribution < -0.4 is 11.1 Å². The van der Waals surface area contributed by atoms with Gasteiger partial charge in [0.1, 0.15) is 20.7 Å². The van der Waals surface area contributed by atoms with Crippen LogP contribution in [0.15, 0.2) is 60.6 Å². The van der Waals surface area contributed by atoms with Crippen molar-refractivity contribution in [3.8, 4) is 0 Å². The fourth-order valence-corrected chi connectivity index (χ4v) is 6.11. The van der Waals surface area contributed by atoms with E-state index in [9.17, 15) is 17.6 Å². The minimum atomic E-state index is -3.83. The molecule has 2 heterocycles. The van der Waals surface area contributed by atoms with E-state index in [0.29, 0.717) is 9.47 Å². The van der Waals surface area contributed by atoms with Crippen molar-refractivity contribution in [2.24, 2.45) is 0 Å². The van der Waals surface area contributed by atoms with Crippen LogP contribution in [-0.2, 0) is 14.6 Å². The molecule has 12 heteroatoms. The van der Waals surface area contributed by atoms with Crippen molar-refractivity contribution in [1.82, 2.24) is 9.97 Å². The molecule has 1 amide bonds. The summed E-state index contributed by atoms with van der Waals surface area (Å²) in [5, 5.41) is 2.69. The van der Waals surface area contributed by atoms with E-state index >= 15 is 0 Å². The number of thiophene rings is 1. The Balaban J connectivity index is 1.68. The highest BCUT2D eigenvalue weighted by molar-refractivity contribution is 9.11. The Morgan fingerprint density at radius 1 is 1.32 bits per heavy atom. The number of amides is 1. The molecule has 0 atom stereocenters. The number of anilines is 2. The maximum Gasteiger partial charge on any atom is 0.234 e. The molecule has 0 aliphatic heterocycles. The van der Waals surface area contributed by atoms with E-state index in [0.717, 1.165) is 29.3 Å². The number of nitrogen functional groups attached to an aromatic ring is 1. The first-order valence-electron chi connectivity index (χ1n) is 7.57. The Kier molecular flexibility index (Phi) is 6.33. The molecule has 3 rings (SSSR count). The van der Waals surface area contributed by atoms with Crippen molar-refractivity contribution in [2.75, 3.05) is 16.8 Å². The third kappa shape index (κ3) is 4.87. The summed E-state index contributed by atoms with van der Waals surface area (Å²) in [4.78, 5) is 19.7. The number of hydrogen-bond acceptors (Lipinski definition) is 8. The molecular weight excluding hydrogens is 491 g/mol. The Hall–Kier alpha value is -2.02. The molecule has 3 aromatic rings. The average molecular weight is 503 g/mol. The molecule has 1 aromatic carbocycles. The molecule has 7 nitrogen and oxygen atoms in total. The number of thioether (sulfide) groups is 1. The maximum atomic E-state index is 13.1. The molecule has 0 radical (unpaired) electrons. The molecule has 146 valence electrons. The third-order valence-electron chi connectivity index (χ3n) is 3.30. The largest absolute Gasteiger partial charge is 0.382 e. The standard InChI is InChI=1S/C16H12BrFN4O3S3/c17-12-4-5-14(27-12)28(24,25)11-7-20-16(22-15(11)19)26-8-13(23)21-10-3-1-2-9(18)6-10/h1-7H,8H2,(H,21,23)(H2,19,20,22). The summed E-state index contributed by atoms with van der Waals surface area (Å²) in [7, 11) is -3.83. The van der Waals surface area contributed by atoms with Crippen molar-refractivity contribution in [1.29, 1.82) is 0 Å². The summed E-state index contributed by atoms with van der Waals surface area (Å²) >= 11 is 5.25. The lowest BCUT2D eigenvalue weighted by Gasteiger charge is -2.07. The Bertz CT molecular complexity index is 1140. The van der Waals surface area contributed by atoms with Crippen molar-refractivity contribution >= 4 is 66.3 Å². The second kappa shape index (κ2) is 8.55. The van der Waals surface area contributed by atoms with Crippen LogP contribution in [0.5, 0.6) is 0 Å². The van der Waals surface area contributed by atoms with Gasteiger partial charge < -0.3 is 11.1 Å². The Morgan fingerprint density at radius 3 is 2.75 bits per heavy atom. The van der Waals surface area contributed by atoms with Crippen LogP contribution in [0, 0.1) is 5.82 Å². The van der Waals surface area contributed by atoms with Crippen molar-refractivity contribution in [3.05, 3.63) is 52.2 Å². The van der Waals surface area contributed by atoms with Crippen LogP contribution in [0.2, 0.25) is 0 Å². The van der Waals surface area contributed by atoms with Gasteiger partial charge in [-0.2, -0.15) is 0 Å². The van der Waals surface area contributed by atoms with Crippen LogP contribution in [-0.4, -0.2) is 30.0 Å². The van der Waals surface area contributed by atoms with Gasteiger partial charge in [0.25, 0.3) is 0 Å². The van der Waals surface area contributed by atoms with Crippen LogP contribution >= 0.6 is 39.0 Å². The number of nitrogens with zero attached hydrogens (tertiary/aromatic N) is 2. The Morgan fingerprint density at radius 2 is 2.11 bits per heavy atom. The highest BCUT2D eigenvalue weighted by Crippen LogP contribution is 2.32. The quantitative estimate of drug-likeness (QED) is 0.390. The molecule has 0 bridgehead atoms. The predicted molar refractivity (Wildman–Crippen MR) is 110 cm³/mol. The molecule has 0 unspecified atom stereocenters. The van der Waals surface area contributed by atoms with Crippen molar-refractivity contribution in [2.45, 2.75) is 14.3 Å². The van der Waals surface area contributed by atoms with Gasteiger partial charge in [0.2, 0.25) is 15.7 Å². The minimum Gasteiger partial charge on any atom is -0.382 e. The van der Waals surface area contributed by atoms with Gasteiger partial charge in [-0.05, 0) is 46.3 Å². The van der Waals surface area contributed by atoms with E-state index in [1.54, 1.807) is 12.1 Å². The van der Waals surface area contributed by atoms with Gasteiger partial charge in [-0.15, -0.1) is 11.3 Å². The lowest BCUT2D eigenvalue weighted by Crippen LogP contribution is -2.14. The zero-order chi connectivity index (χ0) is 20.3.